The molecule has 0 spiro atoms. The van der Waals surface area contributed by atoms with Gasteiger partial charge in [0.1, 0.15) is 0 Å². The summed E-state index contributed by atoms with van der Waals surface area (Å²) in [6.07, 6.45) is 1.29. The van der Waals surface area contributed by atoms with Gasteiger partial charge in [-0.2, -0.15) is 0 Å². The molecular formula is C17H9BrNO3-. The predicted molar refractivity (Wildman–Crippen MR) is 83.6 cm³/mol. The minimum Gasteiger partial charge on any atom is -0.545 e. The van der Waals surface area contributed by atoms with Crippen molar-refractivity contribution in [3.05, 3.63) is 75.9 Å². The molecule has 0 unspecified atom stereocenters. The first-order chi connectivity index (χ1) is 10.6. The number of hydrogen-bond acceptors (Lipinski definition) is 4. The number of hydrogen-bond donors (Lipinski definition) is 0. The Hall–Kier alpha value is -2.53. The zero-order valence-electron chi connectivity index (χ0n) is 11.2. The summed E-state index contributed by atoms with van der Waals surface area (Å²) in [5.41, 5.74) is 0.783. The van der Waals surface area contributed by atoms with Crippen molar-refractivity contribution in [1.29, 1.82) is 0 Å². The van der Waals surface area contributed by atoms with Crippen LogP contribution in [0.15, 0.2) is 59.2 Å². The topological polar surface area (TPSA) is 70.1 Å². The Bertz CT molecular complexity index is 891. The second-order valence-corrected chi connectivity index (χ2v) is 5.61. The Balaban J connectivity index is 2.28. The third-order valence-corrected chi connectivity index (χ3v) is 3.81. The van der Waals surface area contributed by atoms with E-state index in [9.17, 15) is 14.7 Å². The molecule has 0 aliphatic heterocycles. The molecule has 2 aromatic carbocycles. The lowest BCUT2D eigenvalue weighted by molar-refractivity contribution is -0.254. The Morgan fingerprint density at radius 1 is 1.05 bits per heavy atom. The molecule has 0 fully saturated rings. The molecule has 0 bridgehead atoms. The second kappa shape index (κ2) is 5.69. The maximum Gasteiger partial charge on any atom is 0.195 e. The van der Waals surface area contributed by atoms with E-state index in [1.54, 1.807) is 48.5 Å². The number of aromatic carboxylic acids is 1. The Morgan fingerprint density at radius 3 is 2.45 bits per heavy atom. The number of pyridine rings is 1. The first kappa shape index (κ1) is 14.4. The van der Waals surface area contributed by atoms with E-state index in [2.05, 4.69) is 20.9 Å². The van der Waals surface area contributed by atoms with Gasteiger partial charge in [-0.05, 0) is 18.2 Å². The molecule has 1 aromatic heterocycles. The summed E-state index contributed by atoms with van der Waals surface area (Å²) in [4.78, 5) is 28.3. The van der Waals surface area contributed by atoms with E-state index in [0.717, 1.165) is 0 Å². The van der Waals surface area contributed by atoms with Gasteiger partial charge in [0.05, 0.1) is 17.0 Å². The van der Waals surface area contributed by atoms with Crippen LogP contribution in [0.4, 0.5) is 0 Å². The minimum absolute atomic E-state index is 0.0248. The van der Waals surface area contributed by atoms with E-state index in [4.69, 9.17) is 0 Å². The largest absolute Gasteiger partial charge is 0.545 e. The summed E-state index contributed by atoms with van der Waals surface area (Å²) in [5, 5.41) is 11.9. The number of halogens is 1. The molecule has 0 atom stereocenters. The Labute approximate surface area is 134 Å². The van der Waals surface area contributed by atoms with E-state index in [1.807, 2.05) is 0 Å². The first-order valence-corrected chi connectivity index (χ1v) is 7.26. The highest BCUT2D eigenvalue weighted by Gasteiger charge is 2.17. The maximum absolute atomic E-state index is 12.6. The second-order valence-electron chi connectivity index (χ2n) is 4.69. The minimum atomic E-state index is -1.40. The van der Waals surface area contributed by atoms with E-state index in [1.165, 1.54) is 6.20 Å². The lowest BCUT2D eigenvalue weighted by Gasteiger charge is -2.13. The van der Waals surface area contributed by atoms with Crippen LogP contribution in [0.3, 0.4) is 0 Å². The molecule has 3 aromatic rings. The van der Waals surface area contributed by atoms with E-state index >= 15 is 0 Å². The lowest BCUT2D eigenvalue weighted by atomic mass is 9.97. The number of carbonyl (C=O) groups excluding carboxylic acids is 2. The number of carboxylic acids is 1. The molecule has 0 saturated heterocycles. The van der Waals surface area contributed by atoms with Crippen LogP contribution in [0.25, 0.3) is 10.9 Å². The molecule has 22 heavy (non-hydrogen) atoms. The molecule has 0 amide bonds. The van der Waals surface area contributed by atoms with Crippen LogP contribution >= 0.6 is 15.9 Å². The standard InChI is InChI=1S/C17H10BrNO3/c18-11-6-7-14-12(8-11)15(17(21)22)13(9-19-14)16(20)10-4-2-1-3-5-10/h1-9H,(H,21,22)/p-1. The van der Waals surface area contributed by atoms with Gasteiger partial charge >= 0.3 is 0 Å². The summed E-state index contributed by atoms with van der Waals surface area (Å²) >= 11 is 3.30. The SMILES string of the molecule is O=C(c1ccccc1)c1cnc2ccc(Br)cc2c1C(=O)[O-]. The number of rotatable bonds is 3. The molecule has 0 saturated carbocycles. The highest BCUT2D eigenvalue weighted by atomic mass is 79.9. The van der Waals surface area contributed by atoms with Crippen molar-refractivity contribution in [2.75, 3.05) is 0 Å². The zero-order valence-corrected chi connectivity index (χ0v) is 12.8. The number of ketones is 1. The number of nitrogens with zero attached hydrogens (tertiary/aromatic N) is 1. The van der Waals surface area contributed by atoms with Gasteiger partial charge in [-0.3, -0.25) is 9.78 Å². The molecule has 3 rings (SSSR count). The van der Waals surface area contributed by atoms with Crippen LogP contribution in [0, 0.1) is 0 Å². The number of benzene rings is 2. The average molecular weight is 355 g/mol. The van der Waals surface area contributed by atoms with E-state index in [-0.39, 0.29) is 11.1 Å². The van der Waals surface area contributed by atoms with Crippen LogP contribution in [0.2, 0.25) is 0 Å². The highest BCUT2D eigenvalue weighted by molar-refractivity contribution is 9.10. The summed E-state index contributed by atoms with van der Waals surface area (Å²) in [6, 6.07) is 13.5. The van der Waals surface area contributed by atoms with Crippen molar-refractivity contribution >= 4 is 38.6 Å². The molecule has 5 heteroatoms. The molecule has 1 heterocycles. The van der Waals surface area contributed by atoms with E-state index in [0.29, 0.717) is 20.9 Å². The molecule has 0 aliphatic carbocycles. The molecule has 0 N–H and O–H groups in total. The maximum atomic E-state index is 12.6. The third-order valence-electron chi connectivity index (χ3n) is 3.31. The fourth-order valence-corrected chi connectivity index (χ4v) is 2.66. The Morgan fingerprint density at radius 2 is 1.77 bits per heavy atom. The monoisotopic (exact) mass is 354 g/mol. The van der Waals surface area contributed by atoms with Crippen LogP contribution < -0.4 is 5.11 Å². The number of carboxylic acid groups (broad SMARTS) is 1. The smallest absolute Gasteiger partial charge is 0.195 e. The summed E-state index contributed by atoms with van der Waals surface area (Å²) in [7, 11) is 0. The number of aromatic nitrogens is 1. The quantitative estimate of drug-likeness (QED) is 0.677. The van der Waals surface area contributed by atoms with Crippen LogP contribution in [0.1, 0.15) is 26.3 Å². The Kier molecular flexibility index (Phi) is 3.73. The molecular weight excluding hydrogens is 346 g/mol. The highest BCUT2D eigenvalue weighted by Crippen LogP contribution is 2.25. The average Bonchev–Trinajstić information content (AvgIpc) is 2.53. The van der Waals surface area contributed by atoms with Crippen molar-refractivity contribution < 1.29 is 14.7 Å². The van der Waals surface area contributed by atoms with Crippen molar-refractivity contribution in [1.82, 2.24) is 4.98 Å². The predicted octanol–water partition coefficient (Wildman–Crippen LogP) is 2.59. The molecule has 0 radical (unpaired) electrons. The van der Waals surface area contributed by atoms with E-state index < -0.39 is 11.8 Å². The zero-order chi connectivity index (χ0) is 15.7. The third kappa shape index (κ3) is 2.51. The number of carbonyl (C=O) groups is 2. The molecule has 0 aliphatic rings. The first-order valence-electron chi connectivity index (χ1n) is 6.47. The fraction of sp³-hybridized carbons (Fsp3) is 0. The van der Waals surface area contributed by atoms with Gasteiger partial charge in [-0.1, -0.05) is 46.3 Å². The van der Waals surface area contributed by atoms with Crippen LogP contribution in [-0.4, -0.2) is 16.7 Å². The van der Waals surface area contributed by atoms with Crippen molar-refractivity contribution in [3.63, 3.8) is 0 Å². The van der Waals surface area contributed by atoms with Gasteiger partial charge in [-0.15, -0.1) is 0 Å². The summed E-state index contributed by atoms with van der Waals surface area (Å²) in [5.74, 6) is -1.79. The summed E-state index contributed by atoms with van der Waals surface area (Å²) in [6.45, 7) is 0. The molecule has 108 valence electrons. The van der Waals surface area contributed by atoms with Crippen molar-refractivity contribution in [3.8, 4) is 0 Å². The summed E-state index contributed by atoms with van der Waals surface area (Å²) < 4.78 is 0.702. The van der Waals surface area contributed by atoms with Gasteiger partial charge in [0.25, 0.3) is 0 Å². The van der Waals surface area contributed by atoms with Crippen LogP contribution in [0.5, 0.6) is 0 Å². The van der Waals surface area contributed by atoms with Gasteiger partial charge in [0, 0.05) is 27.2 Å². The lowest BCUT2D eigenvalue weighted by Crippen LogP contribution is -2.25. The fourth-order valence-electron chi connectivity index (χ4n) is 2.30. The van der Waals surface area contributed by atoms with Crippen LogP contribution in [-0.2, 0) is 0 Å². The number of fused-ring (bicyclic) bond motifs is 1. The van der Waals surface area contributed by atoms with Crippen molar-refractivity contribution in [2.24, 2.45) is 0 Å². The van der Waals surface area contributed by atoms with Gasteiger partial charge in [0.15, 0.2) is 5.78 Å². The van der Waals surface area contributed by atoms with Crippen molar-refractivity contribution in [2.45, 2.75) is 0 Å². The van der Waals surface area contributed by atoms with Gasteiger partial charge in [-0.25, -0.2) is 0 Å². The normalized spacial score (nSPS) is 10.6. The van der Waals surface area contributed by atoms with Gasteiger partial charge < -0.3 is 9.90 Å². The molecule has 4 nitrogen and oxygen atoms in total. The van der Waals surface area contributed by atoms with Gasteiger partial charge in [0.2, 0.25) is 0 Å².